The Hall–Kier alpha value is -0.860. The highest BCUT2D eigenvalue weighted by atomic mass is 14.9. The third kappa shape index (κ3) is 3.80. The van der Waals surface area contributed by atoms with Crippen LogP contribution in [0.3, 0.4) is 0 Å². The molecule has 0 aromatic heterocycles. The lowest BCUT2D eigenvalue weighted by molar-refractivity contribution is 0.441. The van der Waals surface area contributed by atoms with Gasteiger partial charge in [0, 0.05) is 13.1 Å². The normalized spacial score (nSPS) is 16.6. The van der Waals surface area contributed by atoms with Crippen molar-refractivity contribution >= 4 is 0 Å². The fraction of sp³-hybridized carbons (Fsp3) is 0.647. The maximum Gasteiger partial charge on any atom is 0.00201 e. The van der Waals surface area contributed by atoms with Crippen molar-refractivity contribution in [1.29, 1.82) is 0 Å². The van der Waals surface area contributed by atoms with Gasteiger partial charge in [-0.2, -0.15) is 0 Å². The summed E-state index contributed by atoms with van der Waals surface area (Å²) < 4.78 is 0. The molecule has 0 amide bonds. The summed E-state index contributed by atoms with van der Waals surface area (Å²) in [5.41, 5.74) is 6.30. The third-order valence-corrected chi connectivity index (χ3v) is 4.53. The second-order valence-corrected chi connectivity index (χ2v) is 6.32. The minimum absolute atomic E-state index is 0.562. The van der Waals surface area contributed by atoms with E-state index in [1.54, 1.807) is 0 Å². The summed E-state index contributed by atoms with van der Waals surface area (Å²) in [7, 11) is 2.05. The Morgan fingerprint density at radius 2 is 1.68 bits per heavy atom. The van der Waals surface area contributed by atoms with Crippen molar-refractivity contribution in [1.82, 2.24) is 10.6 Å². The molecule has 1 aromatic rings. The van der Waals surface area contributed by atoms with E-state index in [0.717, 1.165) is 26.1 Å². The molecule has 0 atom stereocenters. The monoisotopic (exact) mass is 260 g/mol. The van der Waals surface area contributed by atoms with Crippen LogP contribution in [0, 0.1) is 26.2 Å². The molecule has 1 aliphatic carbocycles. The van der Waals surface area contributed by atoms with E-state index in [1.807, 2.05) is 0 Å². The topological polar surface area (TPSA) is 24.1 Å². The van der Waals surface area contributed by atoms with E-state index < -0.39 is 0 Å². The van der Waals surface area contributed by atoms with E-state index >= 15 is 0 Å². The minimum atomic E-state index is 0.562. The Kier molecular flexibility index (Phi) is 4.64. The predicted molar refractivity (Wildman–Crippen MR) is 82.8 cm³/mol. The van der Waals surface area contributed by atoms with E-state index in [1.165, 1.54) is 35.1 Å². The number of hydrogen-bond donors (Lipinski definition) is 2. The van der Waals surface area contributed by atoms with Crippen LogP contribution in [0.2, 0.25) is 0 Å². The first-order valence-electron chi connectivity index (χ1n) is 7.48. The van der Waals surface area contributed by atoms with Crippen LogP contribution >= 0.6 is 0 Å². The summed E-state index contributed by atoms with van der Waals surface area (Å²) in [6.45, 7) is 10.0. The van der Waals surface area contributed by atoms with Crippen LogP contribution in [0.15, 0.2) is 12.1 Å². The highest BCUT2D eigenvalue weighted by Crippen LogP contribution is 2.44. The van der Waals surface area contributed by atoms with Gasteiger partial charge in [0.2, 0.25) is 0 Å². The molecular weight excluding hydrogens is 232 g/mol. The zero-order chi connectivity index (χ0) is 13.9. The quantitative estimate of drug-likeness (QED) is 0.737. The molecule has 2 N–H and O–H groups in total. The van der Waals surface area contributed by atoms with Crippen LogP contribution in [0.25, 0.3) is 0 Å². The van der Waals surface area contributed by atoms with Gasteiger partial charge in [-0.05, 0) is 81.3 Å². The number of aryl methyl sites for hydroxylation is 3. The first-order chi connectivity index (χ1) is 9.06. The Morgan fingerprint density at radius 3 is 2.32 bits per heavy atom. The number of rotatable bonds is 7. The molecule has 0 unspecified atom stereocenters. The number of benzene rings is 1. The Balaban J connectivity index is 1.78. The Bertz CT molecular complexity index is 433. The van der Waals surface area contributed by atoms with E-state index in [0.29, 0.717) is 5.41 Å². The largest absolute Gasteiger partial charge is 0.319 e. The van der Waals surface area contributed by atoms with Gasteiger partial charge in [-0.25, -0.2) is 0 Å². The zero-order valence-electron chi connectivity index (χ0n) is 12.9. The van der Waals surface area contributed by atoms with E-state index in [9.17, 15) is 0 Å². The van der Waals surface area contributed by atoms with Gasteiger partial charge in [0.1, 0.15) is 0 Å². The molecule has 19 heavy (non-hydrogen) atoms. The first kappa shape index (κ1) is 14.5. The van der Waals surface area contributed by atoms with Gasteiger partial charge >= 0.3 is 0 Å². The van der Waals surface area contributed by atoms with Crippen molar-refractivity contribution in [2.75, 3.05) is 26.7 Å². The molecule has 1 aliphatic rings. The molecule has 2 nitrogen and oxygen atoms in total. The van der Waals surface area contributed by atoms with E-state index in [-0.39, 0.29) is 0 Å². The van der Waals surface area contributed by atoms with E-state index in [4.69, 9.17) is 0 Å². The summed E-state index contributed by atoms with van der Waals surface area (Å²) in [6, 6.07) is 4.67. The van der Waals surface area contributed by atoms with Crippen LogP contribution in [0.4, 0.5) is 0 Å². The van der Waals surface area contributed by atoms with Gasteiger partial charge in [-0.3, -0.25) is 0 Å². The van der Waals surface area contributed by atoms with Crippen LogP contribution < -0.4 is 10.6 Å². The van der Waals surface area contributed by atoms with Crippen molar-refractivity contribution in [3.8, 4) is 0 Å². The van der Waals surface area contributed by atoms with Gasteiger partial charge < -0.3 is 10.6 Å². The molecule has 106 valence electrons. The van der Waals surface area contributed by atoms with Crippen molar-refractivity contribution < 1.29 is 0 Å². The smallest absolute Gasteiger partial charge is 0.00201 e. The predicted octanol–water partition coefficient (Wildman–Crippen LogP) is 2.74. The van der Waals surface area contributed by atoms with Crippen LogP contribution in [0.1, 0.15) is 35.1 Å². The number of nitrogens with one attached hydrogen (secondary N) is 2. The van der Waals surface area contributed by atoms with Crippen LogP contribution in [-0.4, -0.2) is 26.7 Å². The maximum atomic E-state index is 3.64. The lowest BCUT2D eigenvalue weighted by Gasteiger charge is -2.16. The lowest BCUT2D eigenvalue weighted by Crippen LogP contribution is -2.32. The second kappa shape index (κ2) is 6.06. The molecule has 0 radical (unpaired) electrons. The lowest BCUT2D eigenvalue weighted by atomic mass is 9.99. The van der Waals surface area contributed by atoms with Crippen LogP contribution in [-0.2, 0) is 6.42 Å². The van der Waals surface area contributed by atoms with Gasteiger partial charge in [-0.15, -0.1) is 0 Å². The summed E-state index contributed by atoms with van der Waals surface area (Å²) >= 11 is 0. The molecule has 1 fully saturated rings. The van der Waals surface area contributed by atoms with Gasteiger partial charge in [0.05, 0.1) is 0 Å². The molecule has 2 heteroatoms. The summed E-state index contributed by atoms with van der Waals surface area (Å²) in [4.78, 5) is 0. The second-order valence-electron chi connectivity index (χ2n) is 6.32. The molecule has 0 aliphatic heterocycles. The molecule has 0 heterocycles. The molecule has 1 saturated carbocycles. The third-order valence-electron chi connectivity index (χ3n) is 4.53. The number of hydrogen-bond acceptors (Lipinski definition) is 2. The van der Waals surface area contributed by atoms with Crippen molar-refractivity contribution in [2.24, 2.45) is 5.41 Å². The average molecular weight is 260 g/mol. The van der Waals surface area contributed by atoms with Gasteiger partial charge in [0.15, 0.2) is 0 Å². The highest BCUT2D eigenvalue weighted by molar-refractivity contribution is 5.36. The van der Waals surface area contributed by atoms with Gasteiger partial charge in [0.25, 0.3) is 0 Å². The molecular formula is C17H28N2. The maximum absolute atomic E-state index is 3.64. The van der Waals surface area contributed by atoms with Crippen molar-refractivity contribution in [2.45, 2.75) is 40.0 Å². The van der Waals surface area contributed by atoms with Crippen LogP contribution in [0.5, 0.6) is 0 Å². The summed E-state index contributed by atoms with van der Waals surface area (Å²) in [5, 5.41) is 6.95. The Labute approximate surface area is 118 Å². The average Bonchev–Trinajstić information content (AvgIpc) is 3.11. The molecule has 2 rings (SSSR count). The summed E-state index contributed by atoms with van der Waals surface area (Å²) in [6.07, 6.45) is 3.90. The van der Waals surface area contributed by atoms with E-state index in [2.05, 4.69) is 50.6 Å². The SMILES string of the molecule is CNCC1(CNCCc2cc(C)c(C)cc2C)CC1. The van der Waals surface area contributed by atoms with Gasteiger partial charge in [-0.1, -0.05) is 12.1 Å². The minimum Gasteiger partial charge on any atom is -0.319 e. The van der Waals surface area contributed by atoms with Crippen molar-refractivity contribution in [3.63, 3.8) is 0 Å². The zero-order valence-corrected chi connectivity index (χ0v) is 12.9. The Morgan fingerprint density at radius 1 is 1.00 bits per heavy atom. The highest BCUT2D eigenvalue weighted by Gasteiger charge is 2.41. The molecule has 0 saturated heterocycles. The molecule has 0 bridgehead atoms. The molecule has 0 spiro atoms. The fourth-order valence-electron chi connectivity index (χ4n) is 2.83. The summed E-state index contributed by atoms with van der Waals surface area (Å²) in [5.74, 6) is 0. The first-order valence-corrected chi connectivity index (χ1v) is 7.48. The standard InChI is InChI=1S/C17H28N2/c1-13-9-15(3)16(10-14(13)2)5-8-19-12-17(6-7-17)11-18-4/h9-10,18-19H,5-8,11-12H2,1-4H3. The molecule has 1 aromatic carbocycles. The fourth-order valence-corrected chi connectivity index (χ4v) is 2.83. The van der Waals surface area contributed by atoms with Crippen molar-refractivity contribution in [3.05, 3.63) is 34.4 Å².